The molecule has 2 amide bonds. The van der Waals surface area contributed by atoms with Crippen molar-refractivity contribution in [3.63, 3.8) is 0 Å². The number of anilines is 1. The number of carbonyl (C=O) groups is 1. The van der Waals surface area contributed by atoms with E-state index < -0.39 is 0 Å². The SMILES string of the molecule is CCOc1ccccc1NC(=O)N1Cc2c(sc3c2CCCC3)-n2cccc2[C@H]1c1cccc(C)c1. The summed E-state index contributed by atoms with van der Waals surface area (Å²) in [7, 11) is 0. The number of para-hydroxylation sites is 2. The summed E-state index contributed by atoms with van der Waals surface area (Å²) in [5.74, 6) is 0.687. The van der Waals surface area contributed by atoms with E-state index in [1.807, 2.05) is 47.4 Å². The number of carbonyl (C=O) groups excluding carboxylic acids is 1. The predicted molar refractivity (Wildman–Crippen MR) is 145 cm³/mol. The van der Waals surface area contributed by atoms with Crippen LogP contribution in [0.2, 0.25) is 0 Å². The van der Waals surface area contributed by atoms with Gasteiger partial charge in [-0.2, -0.15) is 0 Å². The summed E-state index contributed by atoms with van der Waals surface area (Å²) >= 11 is 1.91. The fraction of sp³-hybridized carbons (Fsp3) is 0.300. The van der Waals surface area contributed by atoms with E-state index in [1.165, 1.54) is 39.4 Å². The summed E-state index contributed by atoms with van der Waals surface area (Å²) in [6.07, 6.45) is 6.85. The quantitative estimate of drug-likeness (QED) is 0.322. The molecule has 0 saturated carbocycles. The highest BCUT2D eigenvalue weighted by Gasteiger charge is 2.36. The number of ether oxygens (including phenoxy) is 1. The molecule has 6 heteroatoms. The number of benzene rings is 2. The predicted octanol–water partition coefficient (Wildman–Crippen LogP) is 7.26. The minimum absolute atomic E-state index is 0.120. The van der Waals surface area contributed by atoms with E-state index in [2.05, 4.69) is 59.4 Å². The molecule has 0 fully saturated rings. The first kappa shape index (κ1) is 22.9. The van der Waals surface area contributed by atoms with Gasteiger partial charge in [0.1, 0.15) is 10.8 Å². The maximum absolute atomic E-state index is 14.1. The van der Waals surface area contributed by atoms with Crippen LogP contribution in [0.5, 0.6) is 5.75 Å². The molecule has 184 valence electrons. The summed E-state index contributed by atoms with van der Waals surface area (Å²) in [5.41, 5.74) is 6.87. The highest BCUT2D eigenvalue weighted by molar-refractivity contribution is 7.15. The molecule has 4 aromatic rings. The summed E-state index contributed by atoms with van der Waals surface area (Å²) in [6, 6.07) is 20.1. The van der Waals surface area contributed by atoms with Gasteiger partial charge in [0.05, 0.1) is 30.6 Å². The normalized spacial score (nSPS) is 16.5. The number of rotatable bonds is 4. The van der Waals surface area contributed by atoms with Crippen molar-refractivity contribution in [1.82, 2.24) is 9.47 Å². The van der Waals surface area contributed by atoms with Crippen molar-refractivity contribution < 1.29 is 9.53 Å². The molecular weight excluding hydrogens is 466 g/mol. The number of amides is 2. The first-order valence-electron chi connectivity index (χ1n) is 12.8. The fourth-order valence-electron chi connectivity index (χ4n) is 5.62. The lowest BCUT2D eigenvalue weighted by Crippen LogP contribution is -2.38. The molecule has 1 atom stereocenters. The Morgan fingerprint density at radius 3 is 2.78 bits per heavy atom. The van der Waals surface area contributed by atoms with Gasteiger partial charge in [-0.15, -0.1) is 11.3 Å². The maximum Gasteiger partial charge on any atom is 0.323 e. The van der Waals surface area contributed by atoms with Gasteiger partial charge in [0.2, 0.25) is 0 Å². The topological polar surface area (TPSA) is 46.5 Å². The fourth-order valence-corrected chi connectivity index (χ4v) is 7.02. The van der Waals surface area contributed by atoms with Crippen molar-refractivity contribution >= 4 is 23.1 Å². The monoisotopic (exact) mass is 497 g/mol. The molecule has 1 aliphatic heterocycles. The highest BCUT2D eigenvalue weighted by Crippen LogP contribution is 2.44. The van der Waals surface area contributed by atoms with Crippen LogP contribution >= 0.6 is 11.3 Å². The van der Waals surface area contributed by atoms with E-state index in [9.17, 15) is 4.79 Å². The van der Waals surface area contributed by atoms with Crippen LogP contribution in [0.4, 0.5) is 10.5 Å². The molecule has 0 radical (unpaired) electrons. The maximum atomic E-state index is 14.1. The van der Waals surface area contributed by atoms with Crippen LogP contribution in [-0.2, 0) is 19.4 Å². The van der Waals surface area contributed by atoms with Gasteiger partial charge in [-0.3, -0.25) is 0 Å². The molecule has 6 rings (SSSR count). The van der Waals surface area contributed by atoms with Crippen LogP contribution in [0, 0.1) is 6.92 Å². The van der Waals surface area contributed by atoms with Gasteiger partial charge in [0.25, 0.3) is 0 Å². The number of nitrogens with one attached hydrogen (secondary N) is 1. The van der Waals surface area contributed by atoms with Crippen LogP contribution in [0.1, 0.15) is 58.6 Å². The number of fused-ring (bicyclic) bond motifs is 5. The van der Waals surface area contributed by atoms with Gasteiger partial charge >= 0.3 is 6.03 Å². The molecule has 1 N–H and O–H groups in total. The molecular formula is C30H31N3O2S. The molecule has 2 aromatic carbocycles. The standard InChI is InChI=1S/C30H31N3O2S/c1-3-35-26-15-6-5-13-24(26)31-30(34)33-19-23-22-12-4-7-16-27(22)36-29(23)32-17-9-14-25(32)28(33)21-11-8-10-20(2)18-21/h5-6,8-11,13-15,17-18,28H,3-4,7,12,16,19H2,1-2H3,(H,31,34)/t28-/m1/s1. The molecule has 0 unspecified atom stereocenters. The Hall–Kier alpha value is -3.51. The second-order valence-electron chi connectivity index (χ2n) is 9.60. The number of hydrogen-bond acceptors (Lipinski definition) is 3. The zero-order chi connectivity index (χ0) is 24.6. The lowest BCUT2D eigenvalue weighted by molar-refractivity contribution is 0.194. The molecule has 3 heterocycles. The van der Waals surface area contributed by atoms with Crippen molar-refractivity contribution in [3.8, 4) is 10.8 Å². The summed E-state index contributed by atoms with van der Waals surface area (Å²) in [5, 5.41) is 4.46. The molecule has 0 spiro atoms. The lowest BCUT2D eigenvalue weighted by Gasteiger charge is -2.32. The van der Waals surface area contributed by atoms with Crippen molar-refractivity contribution in [2.24, 2.45) is 0 Å². The molecule has 0 saturated heterocycles. The van der Waals surface area contributed by atoms with E-state index >= 15 is 0 Å². The third kappa shape index (κ3) is 3.99. The van der Waals surface area contributed by atoms with Crippen molar-refractivity contribution in [3.05, 3.63) is 99.7 Å². The molecule has 0 bridgehead atoms. The van der Waals surface area contributed by atoms with Gasteiger partial charge in [-0.05, 0) is 74.9 Å². The first-order valence-corrected chi connectivity index (χ1v) is 13.6. The van der Waals surface area contributed by atoms with Gasteiger partial charge in [0.15, 0.2) is 0 Å². The zero-order valence-corrected chi connectivity index (χ0v) is 21.6. The number of nitrogens with zero attached hydrogens (tertiary/aromatic N) is 2. The Kier molecular flexibility index (Phi) is 6.05. The van der Waals surface area contributed by atoms with Crippen LogP contribution in [0.15, 0.2) is 66.9 Å². The van der Waals surface area contributed by atoms with Crippen LogP contribution in [0.25, 0.3) is 5.00 Å². The summed E-state index contributed by atoms with van der Waals surface area (Å²) in [4.78, 5) is 17.6. The second-order valence-corrected chi connectivity index (χ2v) is 10.7. The Labute approximate surface area is 216 Å². The highest BCUT2D eigenvalue weighted by atomic mass is 32.1. The average molecular weight is 498 g/mol. The summed E-state index contributed by atoms with van der Waals surface area (Å²) in [6.45, 7) is 5.18. The number of hydrogen-bond donors (Lipinski definition) is 1. The smallest absolute Gasteiger partial charge is 0.323 e. The van der Waals surface area contributed by atoms with Gasteiger partial charge in [-0.25, -0.2) is 4.79 Å². The second kappa shape index (κ2) is 9.51. The van der Waals surface area contributed by atoms with Crippen molar-refractivity contribution in [1.29, 1.82) is 0 Å². The Bertz CT molecular complexity index is 1420. The minimum atomic E-state index is -0.210. The molecule has 2 aromatic heterocycles. The number of aromatic nitrogens is 1. The Morgan fingerprint density at radius 2 is 1.92 bits per heavy atom. The number of thiophene rings is 1. The largest absolute Gasteiger partial charge is 0.492 e. The minimum Gasteiger partial charge on any atom is -0.492 e. The van der Waals surface area contributed by atoms with E-state index in [-0.39, 0.29) is 12.1 Å². The van der Waals surface area contributed by atoms with E-state index in [0.717, 1.165) is 24.1 Å². The van der Waals surface area contributed by atoms with Gasteiger partial charge in [0, 0.05) is 16.6 Å². The third-order valence-electron chi connectivity index (χ3n) is 7.23. The number of aryl methyl sites for hydroxylation is 2. The van der Waals surface area contributed by atoms with E-state index in [1.54, 1.807) is 0 Å². The lowest BCUT2D eigenvalue weighted by atomic mass is 9.95. The van der Waals surface area contributed by atoms with Crippen molar-refractivity contribution in [2.45, 2.75) is 52.1 Å². The van der Waals surface area contributed by atoms with Gasteiger partial charge in [-0.1, -0.05) is 42.0 Å². The van der Waals surface area contributed by atoms with E-state index in [0.29, 0.717) is 24.6 Å². The number of urea groups is 1. The first-order chi connectivity index (χ1) is 17.6. The van der Waals surface area contributed by atoms with Crippen LogP contribution in [0.3, 0.4) is 0 Å². The average Bonchev–Trinajstić information content (AvgIpc) is 3.47. The molecule has 5 nitrogen and oxygen atoms in total. The molecule has 36 heavy (non-hydrogen) atoms. The van der Waals surface area contributed by atoms with Crippen LogP contribution < -0.4 is 10.1 Å². The Morgan fingerprint density at radius 1 is 1.06 bits per heavy atom. The van der Waals surface area contributed by atoms with Crippen molar-refractivity contribution in [2.75, 3.05) is 11.9 Å². The third-order valence-corrected chi connectivity index (χ3v) is 8.56. The van der Waals surface area contributed by atoms with Crippen LogP contribution in [-0.4, -0.2) is 22.1 Å². The summed E-state index contributed by atoms with van der Waals surface area (Å²) < 4.78 is 8.13. The Balaban J connectivity index is 1.49. The van der Waals surface area contributed by atoms with Gasteiger partial charge < -0.3 is 19.5 Å². The zero-order valence-electron chi connectivity index (χ0n) is 20.8. The van der Waals surface area contributed by atoms with E-state index in [4.69, 9.17) is 4.74 Å². The molecule has 2 aliphatic rings. The molecule has 1 aliphatic carbocycles.